The Kier molecular flexibility index (Phi) is 3.74. The minimum absolute atomic E-state index is 0.147. The Morgan fingerprint density at radius 1 is 0.810 bits per heavy atom. The summed E-state index contributed by atoms with van der Waals surface area (Å²) in [6, 6.07) is 14.1. The molecular weight excluding hydrogens is 338 g/mol. The maximum Gasteiger partial charge on any atom is 0.131 e. The average molecular weight is 349 g/mol. The Balaban J connectivity index is 2.23. The summed E-state index contributed by atoms with van der Waals surface area (Å²) in [4.78, 5) is 0. The van der Waals surface area contributed by atoms with Crippen molar-refractivity contribution in [3.8, 4) is 0 Å². The van der Waals surface area contributed by atoms with Crippen molar-refractivity contribution in [2.75, 3.05) is 0 Å². The second kappa shape index (κ2) is 5.54. The van der Waals surface area contributed by atoms with Gasteiger partial charge in [-0.25, -0.2) is 8.78 Å². The van der Waals surface area contributed by atoms with E-state index in [-0.39, 0.29) is 11.4 Å². The van der Waals surface area contributed by atoms with Gasteiger partial charge in [0, 0.05) is 15.4 Å². The molecule has 1 unspecified atom stereocenters. The van der Waals surface area contributed by atoms with Crippen LogP contribution in [0.4, 0.5) is 8.78 Å². The van der Waals surface area contributed by atoms with Gasteiger partial charge in [0.25, 0.3) is 0 Å². The molecule has 0 aromatic heterocycles. The highest BCUT2D eigenvalue weighted by Gasteiger charge is 2.20. The van der Waals surface area contributed by atoms with Gasteiger partial charge in [-0.3, -0.25) is 0 Å². The lowest BCUT2D eigenvalue weighted by molar-refractivity contribution is 0.215. The molecule has 4 heteroatoms. The van der Waals surface area contributed by atoms with Gasteiger partial charge < -0.3 is 5.11 Å². The molecule has 3 aromatic carbocycles. The predicted octanol–water partition coefficient (Wildman–Crippen LogP) is 4.96. The van der Waals surface area contributed by atoms with Crippen molar-refractivity contribution in [1.29, 1.82) is 0 Å². The smallest absolute Gasteiger partial charge is 0.131 e. The molecule has 0 heterocycles. The fourth-order valence-electron chi connectivity index (χ4n) is 2.45. The van der Waals surface area contributed by atoms with Crippen LogP contribution in [0.5, 0.6) is 0 Å². The minimum Gasteiger partial charge on any atom is -0.383 e. The van der Waals surface area contributed by atoms with Crippen LogP contribution in [0, 0.1) is 11.6 Å². The van der Waals surface area contributed by atoms with Crippen LogP contribution < -0.4 is 0 Å². The fourth-order valence-corrected chi connectivity index (χ4v) is 3.01. The zero-order valence-corrected chi connectivity index (χ0v) is 12.4. The van der Waals surface area contributed by atoms with E-state index < -0.39 is 11.9 Å². The van der Waals surface area contributed by atoms with Gasteiger partial charge in [0.1, 0.15) is 17.7 Å². The highest BCUT2D eigenvalue weighted by atomic mass is 79.9. The second-order valence-electron chi connectivity index (χ2n) is 4.72. The van der Waals surface area contributed by atoms with Gasteiger partial charge in [-0.05, 0) is 29.1 Å². The standard InChI is InChI=1S/C17H11BrF2O/c18-13-6-3-7-15(20)16(13)17(21)12-8-9-14(19)11-5-2-1-4-10(11)12/h1-9,17,21H. The first kappa shape index (κ1) is 14.2. The third-order valence-corrected chi connectivity index (χ3v) is 4.16. The quantitative estimate of drug-likeness (QED) is 0.693. The van der Waals surface area contributed by atoms with Gasteiger partial charge in [0.15, 0.2) is 0 Å². The Labute approximate surface area is 129 Å². The highest BCUT2D eigenvalue weighted by Crippen LogP contribution is 2.34. The molecule has 0 saturated carbocycles. The van der Waals surface area contributed by atoms with E-state index in [1.54, 1.807) is 36.4 Å². The minimum atomic E-state index is -1.17. The number of halogens is 3. The Bertz CT molecular complexity index is 797. The number of aliphatic hydroxyl groups is 1. The summed E-state index contributed by atoms with van der Waals surface area (Å²) in [6.45, 7) is 0. The summed E-state index contributed by atoms with van der Waals surface area (Å²) in [5, 5.41) is 11.5. The van der Waals surface area contributed by atoms with Crippen LogP contribution in [0.25, 0.3) is 10.8 Å². The Hall–Kier alpha value is -1.78. The lowest BCUT2D eigenvalue weighted by Gasteiger charge is -2.16. The maximum absolute atomic E-state index is 14.0. The van der Waals surface area contributed by atoms with E-state index in [1.165, 1.54) is 18.2 Å². The van der Waals surface area contributed by atoms with E-state index in [0.29, 0.717) is 20.8 Å². The normalized spacial score (nSPS) is 12.6. The molecule has 0 bridgehead atoms. The van der Waals surface area contributed by atoms with E-state index in [0.717, 1.165) is 0 Å². The third-order valence-electron chi connectivity index (χ3n) is 3.47. The summed E-state index contributed by atoms with van der Waals surface area (Å²) in [6.07, 6.45) is -1.17. The first-order valence-electron chi connectivity index (χ1n) is 6.38. The lowest BCUT2D eigenvalue weighted by Crippen LogP contribution is -2.05. The molecule has 0 saturated heterocycles. The van der Waals surface area contributed by atoms with E-state index in [1.807, 2.05) is 0 Å². The molecule has 3 rings (SSSR count). The molecule has 1 nitrogen and oxygen atoms in total. The van der Waals surface area contributed by atoms with Gasteiger partial charge in [-0.1, -0.05) is 52.3 Å². The van der Waals surface area contributed by atoms with Crippen LogP contribution in [0.1, 0.15) is 17.2 Å². The molecule has 0 fully saturated rings. The summed E-state index contributed by atoms with van der Waals surface area (Å²) in [5.41, 5.74) is 0.618. The van der Waals surface area contributed by atoms with Gasteiger partial charge in [0.2, 0.25) is 0 Å². The van der Waals surface area contributed by atoms with Crippen molar-refractivity contribution in [2.45, 2.75) is 6.10 Å². The molecule has 1 atom stereocenters. The number of hydrogen-bond acceptors (Lipinski definition) is 1. The molecule has 0 radical (unpaired) electrons. The SMILES string of the molecule is OC(c1c(F)cccc1Br)c1ccc(F)c2ccccc12. The van der Waals surface area contributed by atoms with Crippen LogP contribution >= 0.6 is 15.9 Å². The average Bonchev–Trinajstić information content (AvgIpc) is 2.47. The fraction of sp³-hybridized carbons (Fsp3) is 0.0588. The summed E-state index contributed by atoms with van der Waals surface area (Å²) in [7, 11) is 0. The molecule has 1 N–H and O–H groups in total. The Morgan fingerprint density at radius 3 is 2.24 bits per heavy atom. The van der Waals surface area contributed by atoms with Gasteiger partial charge in [-0.15, -0.1) is 0 Å². The number of aliphatic hydroxyl groups excluding tert-OH is 1. The highest BCUT2D eigenvalue weighted by molar-refractivity contribution is 9.10. The van der Waals surface area contributed by atoms with Crippen LogP contribution in [0.2, 0.25) is 0 Å². The molecule has 0 aliphatic carbocycles. The van der Waals surface area contributed by atoms with Crippen LogP contribution in [0.3, 0.4) is 0 Å². The maximum atomic E-state index is 14.0. The van der Waals surface area contributed by atoms with E-state index in [9.17, 15) is 13.9 Å². The van der Waals surface area contributed by atoms with E-state index in [4.69, 9.17) is 0 Å². The van der Waals surface area contributed by atoms with Crippen LogP contribution in [-0.4, -0.2) is 5.11 Å². The molecular formula is C17H11BrF2O. The number of fused-ring (bicyclic) bond motifs is 1. The first-order chi connectivity index (χ1) is 10.1. The van der Waals surface area contributed by atoms with E-state index >= 15 is 0 Å². The van der Waals surface area contributed by atoms with Gasteiger partial charge in [-0.2, -0.15) is 0 Å². The molecule has 0 spiro atoms. The zero-order valence-electron chi connectivity index (χ0n) is 10.9. The van der Waals surface area contributed by atoms with Crippen molar-refractivity contribution in [3.05, 3.63) is 81.8 Å². The largest absolute Gasteiger partial charge is 0.383 e. The van der Waals surface area contributed by atoms with Gasteiger partial charge >= 0.3 is 0 Å². The lowest BCUT2D eigenvalue weighted by atomic mass is 9.95. The zero-order chi connectivity index (χ0) is 15.0. The molecule has 0 amide bonds. The van der Waals surface area contributed by atoms with Crippen LogP contribution in [0.15, 0.2) is 59.1 Å². The van der Waals surface area contributed by atoms with Crippen molar-refractivity contribution in [2.24, 2.45) is 0 Å². The number of hydrogen-bond donors (Lipinski definition) is 1. The van der Waals surface area contributed by atoms with Crippen molar-refractivity contribution in [1.82, 2.24) is 0 Å². The van der Waals surface area contributed by atoms with Crippen molar-refractivity contribution >= 4 is 26.7 Å². The molecule has 3 aromatic rings. The first-order valence-corrected chi connectivity index (χ1v) is 7.18. The molecule has 0 aliphatic heterocycles. The Morgan fingerprint density at radius 2 is 1.52 bits per heavy atom. The monoisotopic (exact) mass is 348 g/mol. The summed E-state index contributed by atoms with van der Waals surface area (Å²) < 4.78 is 28.3. The predicted molar refractivity (Wildman–Crippen MR) is 82.1 cm³/mol. The topological polar surface area (TPSA) is 20.2 Å². The second-order valence-corrected chi connectivity index (χ2v) is 5.57. The van der Waals surface area contributed by atoms with E-state index in [2.05, 4.69) is 15.9 Å². The summed E-state index contributed by atoms with van der Waals surface area (Å²) >= 11 is 3.25. The van der Waals surface area contributed by atoms with Crippen LogP contribution in [-0.2, 0) is 0 Å². The molecule has 21 heavy (non-hydrogen) atoms. The molecule has 0 aliphatic rings. The number of benzene rings is 3. The summed E-state index contributed by atoms with van der Waals surface area (Å²) in [5.74, 6) is -0.876. The van der Waals surface area contributed by atoms with Gasteiger partial charge in [0.05, 0.1) is 0 Å². The number of rotatable bonds is 2. The van der Waals surface area contributed by atoms with Crippen molar-refractivity contribution < 1.29 is 13.9 Å². The van der Waals surface area contributed by atoms with Crippen molar-refractivity contribution in [3.63, 3.8) is 0 Å². The third kappa shape index (κ3) is 2.45. The molecule has 106 valence electrons.